The second kappa shape index (κ2) is 7.80. The molecular weight excluding hydrogens is 300 g/mol. The first-order chi connectivity index (χ1) is 11.7. The first-order valence-corrected chi connectivity index (χ1v) is 8.71. The fourth-order valence-corrected chi connectivity index (χ4v) is 3.76. The first-order valence-electron chi connectivity index (χ1n) is 8.71. The number of β-amino-alcohol motifs (C(OH)–C–C–N with tert-alkyl or cyclic N) is 1. The van der Waals surface area contributed by atoms with Crippen molar-refractivity contribution in [3.8, 4) is 6.07 Å². The zero-order chi connectivity index (χ0) is 16.9. The summed E-state index contributed by atoms with van der Waals surface area (Å²) < 4.78 is 2.04. The van der Waals surface area contributed by atoms with Gasteiger partial charge in [-0.1, -0.05) is 6.07 Å². The molecule has 24 heavy (non-hydrogen) atoms. The van der Waals surface area contributed by atoms with Gasteiger partial charge in [0, 0.05) is 37.6 Å². The summed E-state index contributed by atoms with van der Waals surface area (Å²) in [5.74, 6) is 0.701. The quantitative estimate of drug-likeness (QED) is 0.881. The van der Waals surface area contributed by atoms with E-state index in [1.807, 2.05) is 28.8 Å². The maximum Gasteiger partial charge on any atom is 0.102 e. The number of hydrogen-bond donors (Lipinski definition) is 1. The molecule has 1 saturated heterocycles. The number of aromatic nitrogens is 1. The van der Waals surface area contributed by atoms with E-state index in [1.165, 1.54) is 12.8 Å². The number of nitriles is 1. The van der Waals surface area contributed by atoms with Crippen LogP contribution < -0.4 is 0 Å². The number of piperidine rings is 1. The van der Waals surface area contributed by atoms with Crippen molar-refractivity contribution in [2.75, 3.05) is 39.8 Å². The molecule has 0 amide bonds. The van der Waals surface area contributed by atoms with Crippen molar-refractivity contribution in [2.45, 2.75) is 19.4 Å². The predicted molar refractivity (Wildman–Crippen MR) is 94.7 cm³/mol. The third-order valence-electron chi connectivity index (χ3n) is 5.01. The van der Waals surface area contributed by atoms with Gasteiger partial charge in [0.2, 0.25) is 0 Å². The normalized spacial score (nSPS) is 16.8. The van der Waals surface area contributed by atoms with Crippen molar-refractivity contribution in [2.24, 2.45) is 5.92 Å². The van der Waals surface area contributed by atoms with E-state index in [0.29, 0.717) is 5.92 Å². The molecule has 0 aromatic carbocycles. The van der Waals surface area contributed by atoms with Crippen molar-refractivity contribution in [1.29, 1.82) is 5.26 Å². The van der Waals surface area contributed by atoms with Crippen LogP contribution >= 0.6 is 0 Å². The van der Waals surface area contributed by atoms with Gasteiger partial charge in [0.15, 0.2) is 0 Å². The number of pyridine rings is 1. The van der Waals surface area contributed by atoms with E-state index in [1.54, 1.807) is 0 Å². The monoisotopic (exact) mass is 326 g/mol. The van der Waals surface area contributed by atoms with Gasteiger partial charge in [-0.25, -0.2) is 0 Å². The standard InChI is InChI=1S/C19H26N4O/c1-21(13-16-5-8-22(9-6-16)10-11-24)14-17-15-23-7-3-2-4-19(23)18(17)12-20/h2-4,7,15-16,24H,5-6,8-11,13-14H2,1H3. The van der Waals surface area contributed by atoms with Crippen LogP contribution in [-0.2, 0) is 6.54 Å². The van der Waals surface area contributed by atoms with Crippen LogP contribution in [0.3, 0.4) is 0 Å². The maximum atomic E-state index is 9.51. The Kier molecular flexibility index (Phi) is 5.52. The lowest BCUT2D eigenvalue weighted by Gasteiger charge is -2.33. The Hall–Kier alpha value is -1.87. The minimum absolute atomic E-state index is 0.254. The molecule has 0 unspecified atom stereocenters. The van der Waals surface area contributed by atoms with E-state index >= 15 is 0 Å². The maximum absolute atomic E-state index is 9.51. The SMILES string of the molecule is CN(Cc1cn2ccccc2c1C#N)CC1CCN(CCO)CC1. The highest BCUT2D eigenvalue weighted by Gasteiger charge is 2.20. The summed E-state index contributed by atoms with van der Waals surface area (Å²) in [6.45, 7) is 5.08. The zero-order valence-electron chi connectivity index (χ0n) is 14.4. The second-order valence-corrected chi connectivity index (χ2v) is 6.84. The average Bonchev–Trinajstić information content (AvgIpc) is 2.93. The summed E-state index contributed by atoms with van der Waals surface area (Å²) in [7, 11) is 2.14. The number of nitrogens with zero attached hydrogens (tertiary/aromatic N) is 4. The van der Waals surface area contributed by atoms with Crippen LogP contribution in [0.25, 0.3) is 5.52 Å². The van der Waals surface area contributed by atoms with Gasteiger partial charge in [0.05, 0.1) is 17.7 Å². The van der Waals surface area contributed by atoms with Gasteiger partial charge >= 0.3 is 0 Å². The van der Waals surface area contributed by atoms with Crippen LogP contribution in [0.1, 0.15) is 24.0 Å². The van der Waals surface area contributed by atoms with E-state index in [4.69, 9.17) is 5.11 Å². The molecule has 1 fully saturated rings. The van der Waals surface area contributed by atoms with Crippen LogP contribution in [0.15, 0.2) is 30.6 Å². The number of fused-ring (bicyclic) bond motifs is 1. The fourth-order valence-electron chi connectivity index (χ4n) is 3.76. The van der Waals surface area contributed by atoms with Gasteiger partial charge in [-0.3, -0.25) is 0 Å². The molecule has 1 aliphatic rings. The summed E-state index contributed by atoms with van der Waals surface area (Å²) in [6, 6.07) is 8.33. The Morgan fingerprint density at radius 3 is 2.83 bits per heavy atom. The van der Waals surface area contributed by atoms with E-state index in [-0.39, 0.29) is 6.61 Å². The molecule has 2 aromatic rings. The molecule has 3 heterocycles. The van der Waals surface area contributed by atoms with Crippen LogP contribution in [0.2, 0.25) is 0 Å². The minimum atomic E-state index is 0.254. The smallest absolute Gasteiger partial charge is 0.102 e. The van der Waals surface area contributed by atoms with Crippen LogP contribution in [0, 0.1) is 17.2 Å². The third-order valence-corrected chi connectivity index (χ3v) is 5.01. The molecule has 0 bridgehead atoms. The Balaban J connectivity index is 1.60. The molecule has 0 saturated carbocycles. The van der Waals surface area contributed by atoms with Crippen molar-refractivity contribution in [1.82, 2.24) is 14.2 Å². The lowest BCUT2D eigenvalue weighted by molar-refractivity contribution is 0.129. The molecule has 5 heteroatoms. The summed E-state index contributed by atoms with van der Waals surface area (Å²) in [6.07, 6.45) is 6.45. The molecule has 128 valence electrons. The van der Waals surface area contributed by atoms with E-state index in [0.717, 1.165) is 49.4 Å². The van der Waals surface area contributed by atoms with Crippen LogP contribution in [-0.4, -0.2) is 59.1 Å². The first kappa shape index (κ1) is 17.0. The molecule has 0 radical (unpaired) electrons. The number of likely N-dealkylation sites (tertiary alicyclic amines) is 1. The Morgan fingerprint density at radius 2 is 2.12 bits per heavy atom. The fraction of sp³-hybridized carbons (Fsp3) is 0.526. The second-order valence-electron chi connectivity index (χ2n) is 6.84. The van der Waals surface area contributed by atoms with Gasteiger partial charge in [-0.05, 0) is 51.0 Å². The highest BCUT2D eigenvalue weighted by Crippen LogP contribution is 2.22. The zero-order valence-corrected chi connectivity index (χ0v) is 14.4. The van der Waals surface area contributed by atoms with Crippen molar-refractivity contribution >= 4 is 5.52 Å². The van der Waals surface area contributed by atoms with Gasteiger partial charge < -0.3 is 19.3 Å². The van der Waals surface area contributed by atoms with Crippen LogP contribution in [0.4, 0.5) is 0 Å². The predicted octanol–water partition coefficient (Wildman–Crippen LogP) is 1.95. The highest BCUT2D eigenvalue weighted by atomic mass is 16.3. The van der Waals surface area contributed by atoms with Gasteiger partial charge in [-0.15, -0.1) is 0 Å². The largest absolute Gasteiger partial charge is 0.395 e. The molecule has 0 aliphatic carbocycles. The van der Waals surface area contributed by atoms with E-state index in [9.17, 15) is 5.26 Å². The topological polar surface area (TPSA) is 54.9 Å². The highest BCUT2D eigenvalue weighted by molar-refractivity contribution is 5.65. The van der Waals surface area contributed by atoms with Crippen molar-refractivity contribution in [3.63, 3.8) is 0 Å². The molecule has 0 atom stereocenters. The van der Waals surface area contributed by atoms with Crippen molar-refractivity contribution < 1.29 is 5.11 Å². The lowest BCUT2D eigenvalue weighted by atomic mass is 9.96. The summed E-state index contributed by atoms with van der Waals surface area (Å²) in [5.41, 5.74) is 2.88. The Morgan fingerprint density at radius 1 is 1.33 bits per heavy atom. The molecule has 5 nitrogen and oxygen atoms in total. The Labute approximate surface area is 143 Å². The Bertz CT molecular complexity index is 710. The molecule has 3 rings (SSSR count). The van der Waals surface area contributed by atoms with Gasteiger partial charge in [-0.2, -0.15) is 5.26 Å². The summed E-state index contributed by atoms with van der Waals surface area (Å²) in [5, 5.41) is 18.5. The molecular formula is C19H26N4O. The number of aliphatic hydroxyl groups is 1. The number of hydrogen-bond acceptors (Lipinski definition) is 4. The van der Waals surface area contributed by atoms with E-state index in [2.05, 4.69) is 29.1 Å². The van der Waals surface area contributed by atoms with Crippen molar-refractivity contribution in [3.05, 3.63) is 41.7 Å². The third kappa shape index (κ3) is 3.78. The molecule has 2 aromatic heterocycles. The lowest BCUT2D eigenvalue weighted by Crippen LogP contribution is -2.38. The molecule has 0 spiro atoms. The van der Waals surface area contributed by atoms with Crippen LogP contribution in [0.5, 0.6) is 0 Å². The summed E-state index contributed by atoms with van der Waals surface area (Å²) in [4.78, 5) is 4.67. The summed E-state index contributed by atoms with van der Waals surface area (Å²) >= 11 is 0. The van der Waals surface area contributed by atoms with E-state index < -0.39 is 0 Å². The number of aliphatic hydroxyl groups excluding tert-OH is 1. The minimum Gasteiger partial charge on any atom is -0.395 e. The number of rotatable bonds is 6. The average molecular weight is 326 g/mol. The molecule has 1 N–H and O–H groups in total. The molecule has 1 aliphatic heterocycles. The van der Waals surface area contributed by atoms with Gasteiger partial charge in [0.1, 0.15) is 6.07 Å². The van der Waals surface area contributed by atoms with Gasteiger partial charge in [0.25, 0.3) is 0 Å².